The van der Waals surface area contributed by atoms with Crippen molar-refractivity contribution >= 4 is 23.9 Å². The number of amides is 3. The average Bonchev–Trinajstić information content (AvgIpc) is 2.87. The second kappa shape index (κ2) is 9.80. The minimum absolute atomic E-state index is 0.0756. The number of carbonyl (C=O) groups excluding carboxylic acids is 4. The van der Waals surface area contributed by atoms with Crippen molar-refractivity contribution in [2.45, 2.75) is 32.0 Å². The maximum Gasteiger partial charge on any atom is 0.410 e. The molecule has 1 aromatic carbocycles. The van der Waals surface area contributed by atoms with Gasteiger partial charge in [0.25, 0.3) is 11.8 Å². The van der Waals surface area contributed by atoms with Crippen LogP contribution < -0.4 is 4.74 Å². The number of nitrogens with zero attached hydrogens (tertiary/aromatic N) is 2. The van der Waals surface area contributed by atoms with Crippen molar-refractivity contribution in [2.75, 3.05) is 33.4 Å². The number of carbonyl (C=O) groups is 4. The van der Waals surface area contributed by atoms with Crippen LogP contribution in [0.1, 0.15) is 31.1 Å². The number of esters is 1. The first-order valence-electron chi connectivity index (χ1n) is 9.88. The van der Waals surface area contributed by atoms with Crippen LogP contribution in [0.25, 0.3) is 0 Å². The molecule has 1 aromatic rings. The number of benzene rings is 1. The van der Waals surface area contributed by atoms with Crippen molar-refractivity contribution in [3.05, 3.63) is 42.5 Å². The molecule has 1 unspecified atom stereocenters. The first-order valence-corrected chi connectivity index (χ1v) is 9.88. The standard InChI is InChI=1S/C22H27FN2O7/c1-6-13-31-19(28)22(23)14-24(20(29)32-21(2,3)4)11-12-25(18(22)27)17(26)15-7-9-16(30-5)10-8-15/h6-10H,1,11-14H2,2-5H3. The highest BCUT2D eigenvalue weighted by Gasteiger charge is 2.55. The van der Waals surface area contributed by atoms with E-state index in [4.69, 9.17) is 14.2 Å². The number of ether oxygens (including phenoxy) is 3. The Labute approximate surface area is 185 Å². The van der Waals surface area contributed by atoms with Crippen molar-refractivity contribution in [2.24, 2.45) is 0 Å². The van der Waals surface area contributed by atoms with Gasteiger partial charge in [0.2, 0.25) is 0 Å². The highest BCUT2D eigenvalue weighted by molar-refractivity contribution is 6.15. The fourth-order valence-electron chi connectivity index (χ4n) is 2.91. The number of alkyl halides is 1. The smallest absolute Gasteiger partial charge is 0.410 e. The Morgan fingerprint density at radius 3 is 2.34 bits per heavy atom. The molecular weight excluding hydrogens is 423 g/mol. The lowest BCUT2D eigenvalue weighted by atomic mass is 10.0. The molecule has 3 amide bonds. The largest absolute Gasteiger partial charge is 0.497 e. The van der Waals surface area contributed by atoms with Gasteiger partial charge in [0.05, 0.1) is 13.7 Å². The summed E-state index contributed by atoms with van der Waals surface area (Å²) in [7, 11) is 1.45. The molecule has 32 heavy (non-hydrogen) atoms. The Balaban J connectivity index is 2.40. The number of methoxy groups -OCH3 is 1. The highest BCUT2D eigenvalue weighted by atomic mass is 19.1. The number of imide groups is 1. The van der Waals surface area contributed by atoms with Gasteiger partial charge >= 0.3 is 17.7 Å². The van der Waals surface area contributed by atoms with Gasteiger partial charge in [0, 0.05) is 18.7 Å². The van der Waals surface area contributed by atoms with Crippen LogP contribution in [-0.4, -0.2) is 78.3 Å². The van der Waals surface area contributed by atoms with Gasteiger partial charge in [-0.15, -0.1) is 0 Å². The molecule has 0 aliphatic carbocycles. The lowest BCUT2D eigenvalue weighted by Gasteiger charge is -2.29. The fraction of sp³-hybridized carbons (Fsp3) is 0.455. The third-order valence-electron chi connectivity index (χ3n) is 4.48. The highest BCUT2D eigenvalue weighted by Crippen LogP contribution is 2.26. The molecule has 10 heteroatoms. The minimum Gasteiger partial charge on any atom is -0.497 e. The Morgan fingerprint density at radius 1 is 1.19 bits per heavy atom. The summed E-state index contributed by atoms with van der Waals surface area (Å²) in [5, 5.41) is 0. The van der Waals surface area contributed by atoms with E-state index in [1.54, 1.807) is 20.8 Å². The summed E-state index contributed by atoms with van der Waals surface area (Å²) < 4.78 is 31.0. The fourth-order valence-corrected chi connectivity index (χ4v) is 2.91. The Hall–Kier alpha value is -3.43. The zero-order valence-corrected chi connectivity index (χ0v) is 18.6. The van der Waals surface area contributed by atoms with Gasteiger partial charge in [0.15, 0.2) is 0 Å². The predicted octanol–water partition coefficient (Wildman–Crippen LogP) is 2.35. The van der Waals surface area contributed by atoms with Gasteiger partial charge in [0.1, 0.15) is 18.0 Å². The molecule has 0 bridgehead atoms. The van der Waals surface area contributed by atoms with E-state index in [1.807, 2.05) is 0 Å². The lowest BCUT2D eigenvalue weighted by molar-refractivity contribution is -0.165. The summed E-state index contributed by atoms with van der Waals surface area (Å²) in [6, 6.07) is 5.81. The maximum atomic E-state index is 15.9. The van der Waals surface area contributed by atoms with Crippen molar-refractivity contribution in [3.8, 4) is 5.75 Å². The Bertz CT molecular complexity index is 895. The van der Waals surface area contributed by atoms with Crippen molar-refractivity contribution in [1.29, 1.82) is 0 Å². The zero-order chi connectivity index (χ0) is 24.1. The van der Waals surface area contributed by atoms with Gasteiger partial charge < -0.3 is 19.1 Å². The van der Waals surface area contributed by atoms with Crippen LogP contribution in [0.5, 0.6) is 5.75 Å². The number of rotatable bonds is 5. The molecule has 2 rings (SSSR count). The first kappa shape index (κ1) is 24.8. The van der Waals surface area contributed by atoms with Crippen molar-refractivity contribution in [1.82, 2.24) is 9.80 Å². The van der Waals surface area contributed by atoms with Crippen LogP contribution >= 0.6 is 0 Å². The van der Waals surface area contributed by atoms with Crippen LogP contribution in [0.3, 0.4) is 0 Å². The summed E-state index contributed by atoms with van der Waals surface area (Å²) >= 11 is 0. The SMILES string of the molecule is C=CCOC(=O)C1(F)CN(C(=O)OC(C)(C)C)CCN(C(=O)c2ccc(OC)cc2)C1=O. The molecule has 174 valence electrons. The molecule has 0 N–H and O–H groups in total. The number of hydrogen-bond acceptors (Lipinski definition) is 7. The molecule has 9 nitrogen and oxygen atoms in total. The molecule has 1 aliphatic rings. The van der Waals surface area contributed by atoms with E-state index in [2.05, 4.69) is 6.58 Å². The summed E-state index contributed by atoms with van der Waals surface area (Å²) in [4.78, 5) is 52.6. The second-order valence-electron chi connectivity index (χ2n) is 8.08. The minimum atomic E-state index is -3.31. The van der Waals surface area contributed by atoms with E-state index in [-0.39, 0.29) is 25.3 Å². The van der Waals surface area contributed by atoms with Crippen LogP contribution in [0, 0.1) is 0 Å². The molecular formula is C22H27FN2O7. The molecule has 0 spiro atoms. The summed E-state index contributed by atoms with van der Waals surface area (Å²) in [5.41, 5.74) is -4.13. The first-order chi connectivity index (χ1) is 14.9. The quantitative estimate of drug-likeness (QED) is 0.294. The summed E-state index contributed by atoms with van der Waals surface area (Å²) in [6.07, 6.45) is 0.275. The molecule has 1 heterocycles. The molecule has 0 aromatic heterocycles. The number of hydrogen-bond donors (Lipinski definition) is 0. The van der Waals surface area contributed by atoms with E-state index < -0.39 is 41.7 Å². The maximum absolute atomic E-state index is 15.9. The average molecular weight is 450 g/mol. The molecule has 1 aliphatic heterocycles. The van der Waals surface area contributed by atoms with Crippen LogP contribution in [-0.2, 0) is 19.1 Å². The molecule has 1 saturated heterocycles. The molecule has 0 radical (unpaired) electrons. The van der Waals surface area contributed by atoms with Gasteiger partial charge in [-0.1, -0.05) is 12.7 Å². The normalized spacial score (nSPS) is 19.1. The molecule has 1 atom stereocenters. The zero-order valence-electron chi connectivity index (χ0n) is 18.6. The third-order valence-corrected chi connectivity index (χ3v) is 4.48. The lowest BCUT2D eigenvalue weighted by Crippen LogP contribution is -2.56. The van der Waals surface area contributed by atoms with E-state index in [9.17, 15) is 19.2 Å². The van der Waals surface area contributed by atoms with Crippen LogP contribution in [0.4, 0.5) is 9.18 Å². The van der Waals surface area contributed by atoms with Crippen LogP contribution in [0.2, 0.25) is 0 Å². The van der Waals surface area contributed by atoms with Gasteiger partial charge in [-0.3, -0.25) is 14.5 Å². The van der Waals surface area contributed by atoms with Crippen molar-refractivity contribution < 1.29 is 37.8 Å². The van der Waals surface area contributed by atoms with Crippen LogP contribution in [0.15, 0.2) is 36.9 Å². The van der Waals surface area contributed by atoms with Gasteiger partial charge in [-0.05, 0) is 45.0 Å². The monoisotopic (exact) mass is 450 g/mol. The Morgan fingerprint density at radius 2 is 1.81 bits per heavy atom. The summed E-state index contributed by atoms with van der Waals surface area (Å²) in [6.45, 7) is 6.35. The van der Waals surface area contributed by atoms with E-state index in [0.717, 1.165) is 4.90 Å². The molecule has 1 fully saturated rings. The van der Waals surface area contributed by atoms with E-state index in [0.29, 0.717) is 10.6 Å². The van der Waals surface area contributed by atoms with Gasteiger partial charge in [-0.25, -0.2) is 14.0 Å². The van der Waals surface area contributed by atoms with Gasteiger partial charge in [-0.2, -0.15) is 0 Å². The Kier molecular flexibility index (Phi) is 7.60. The van der Waals surface area contributed by atoms with E-state index >= 15 is 4.39 Å². The second-order valence-corrected chi connectivity index (χ2v) is 8.08. The number of halogens is 1. The topological polar surface area (TPSA) is 102 Å². The third kappa shape index (κ3) is 5.63. The van der Waals surface area contributed by atoms with E-state index in [1.165, 1.54) is 37.5 Å². The molecule has 0 saturated carbocycles. The van der Waals surface area contributed by atoms with Crippen molar-refractivity contribution in [3.63, 3.8) is 0 Å². The summed E-state index contributed by atoms with van der Waals surface area (Å²) in [5.74, 6) is -3.29. The predicted molar refractivity (Wildman–Crippen MR) is 112 cm³/mol.